The summed E-state index contributed by atoms with van der Waals surface area (Å²) in [6, 6.07) is 8.90. The monoisotopic (exact) mass is 202 g/mol. The van der Waals surface area contributed by atoms with Gasteiger partial charge in [0.2, 0.25) is 5.91 Å². The molecule has 15 heavy (non-hydrogen) atoms. The molecule has 3 nitrogen and oxygen atoms in total. The van der Waals surface area contributed by atoms with Crippen molar-refractivity contribution in [2.45, 2.75) is 6.04 Å². The van der Waals surface area contributed by atoms with Crippen LogP contribution in [0.15, 0.2) is 30.3 Å². The van der Waals surface area contributed by atoms with E-state index in [1.807, 2.05) is 30.3 Å². The zero-order valence-corrected chi connectivity index (χ0v) is 8.68. The van der Waals surface area contributed by atoms with E-state index < -0.39 is 6.04 Å². The van der Waals surface area contributed by atoms with Crippen LogP contribution >= 0.6 is 0 Å². The van der Waals surface area contributed by atoms with Crippen molar-refractivity contribution in [1.29, 1.82) is 0 Å². The molecule has 2 N–H and O–H groups in total. The number of likely N-dealkylation sites (N-methyl/N-ethyl adjacent to an activating group) is 1. The average Bonchev–Trinajstić information content (AvgIpc) is 2.19. The summed E-state index contributed by atoms with van der Waals surface area (Å²) in [5, 5.41) is 0. The van der Waals surface area contributed by atoms with Gasteiger partial charge >= 0.3 is 0 Å². The van der Waals surface area contributed by atoms with Crippen molar-refractivity contribution in [3.63, 3.8) is 0 Å². The Kier molecular flexibility index (Phi) is 3.90. The number of nitrogens with zero attached hydrogens (tertiary/aromatic N) is 1. The highest BCUT2D eigenvalue weighted by molar-refractivity contribution is 5.81. The lowest BCUT2D eigenvalue weighted by atomic mass is 10.1. The Balaban J connectivity index is 2.94. The van der Waals surface area contributed by atoms with Gasteiger partial charge < -0.3 is 5.73 Å². The number of amides is 1. The average molecular weight is 202 g/mol. The zero-order valence-electron chi connectivity index (χ0n) is 8.68. The highest BCUT2D eigenvalue weighted by atomic mass is 16.1. The molecule has 1 aromatic rings. The number of rotatable bonds is 4. The lowest BCUT2D eigenvalue weighted by molar-refractivity contribution is -0.122. The third-order valence-corrected chi connectivity index (χ3v) is 2.17. The molecule has 0 radical (unpaired) electrons. The van der Waals surface area contributed by atoms with Gasteiger partial charge in [-0.1, -0.05) is 36.3 Å². The first-order valence-electron chi connectivity index (χ1n) is 4.64. The van der Waals surface area contributed by atoms with E-state index >= 15 is 0 Å². The number of hydrogen-bond acceptors (Lipinski definition) is 2. The molecule has 0 spiro atoms. The number of primary amides is 1. The van der Waals surface area contributed by atoms with Gasteiger partial charge in [0.05, 0.1) is 6.54 Å². The van der Waals surface area contributed by atoms with Gasteiger partial charge in [-0.25, -0.2) is 0 Å². The predicted octanol–water partition coefficient (Wildman–Crippen LogP) is 0.778. The summed E-state index contributed by atoms with van der Waals surface area (Å²) in [6.07, 6.45) is 5.20. The highest BCUT2D eigenvalue weighted by Crippen LogP contribution is 2.17. The molecule has 0 heterocycles. The van der Waals surface area contributed by atoms with Crippen LogP contribution in [-0.4, -0.2) is 24.4 Å². The van der Waals surface area contributed by atoms with Crippen LogP contribution in [0.4, 0.5) is 0 Å². The third kappa shape index (κ3) is 2.83. The van der Waals surface area contributed by atoms with E-state index in [1.54, 1.807) is 11.9 Å². The largest absolute Gasteiger partial charge is 0.368 e. The minimum absolute atomic E-state index is 0.390. The number of carbonyl (C=O) groups excluding carboxylic acids is 1. The van der Waals surface area contributed by atoms with Crippen LogP contribution in [0, 0.1) is 12.3 Å². The second-order valence-electron chi connectivity index (χ2n) is 3.33. The molecule has 1 aromatic carbocycles. The van der Waals surface area contributed by atoms with Crippen molar-refractivity contribution < 1.29 is 4.79 Å². The molecule has 1 rings (SSSR count). The summed E-state index contributed by atoms with van der Waals surface area (Å²) >= 11 is 0. The second-order valence-corrected chi connectivity index (χ2v) is 3.33. The molecule has 0 saturated carbocycles. The van der Waals surface area contributed by atoms with Gasteiger partial charge in [-0.3, -0.25) is 9.69 Å². The Bertz CT molecular complexity index is 367. The summed E-state index contributed by atoms with van der Waals surface area (Å²) in [4.78, 5) is 13.1. The van der Waals surface area contributed by atoms with Gasteiger partial charge in [0.25, 0.3) is 0 Å². The van der Waals surface area contributed by atoms with Crippen molar-refractivity contribution >= 4 is 5.91 Å². The number of benzene rings is 1. The van der Waals surface area contributed by atoms with Crippen molar-refractivity contribution in [3.05, 3.63) is 35.9 Å². The summed E-state index contributed by atoms with van der Waals surface area (Å²) in [5.41, 5.74) is 6.21. The van der Waals surface area contributed by atoms with Crippen LogP contribution in [0.25, 0.3) is 0 Å². The van der Waals surface area contributed by atoms with Gasteiger partial charge in [0, 0.05) is 0 Å². The Hall–Kier alpha value is -1.79. The molecule has 78 valence electrons. The summed E-state index contributed by atoms with van der Waals surface area (Å²) < 4.78 is 0. The van der Waals surface area contributed by atoms with E-state index in [0.29, 0.717) is 6.54 Å². The Morgan fingerprint density at radius 1 is 1.53 bits per heavy atom. The fourth-order valence-electron chi connectivity index (χ4n) is 1.51. The Morgan fingerprint density at radius 2 is 2.13 bits per heavy atom. The van der Waals surface area contributed by atoms with Crippen LogP contribution in [0.3, 0.4) is 0 Å². The van der Waals surface area contributed by atoms with Gasteiger partial charge in [0.1, 0.15) is 6.04 Å². The van der Waals surface area contributed by atoms with E-state index in [1.165, 1.54) is 0 Å². The molecule has 0 aliphatic heterocycles. The molecular weight excluding hydrogens is 188 g/mol. The van der Waals surface area contributed by atoms with E-state index in [4.69, 9.17) is 12.2 Å². The normalized spacial score (nSPS) is 12.1. The first-order valence-corrected chi connectivity index (χ1v) is 4.64. The molecule has 0 bridgehead atoms. The minimum Gasteiger partial charge on any atom is -0.368 e. The molecule has 0 aliphatic rings. The van der Waals surface area contributed by atoms with E-state index in [0.717, 1.165) is 5.56 Å². The number of terminal acetylenes is 1. The Labute approximate surface area is 89.9 Å². The van der Waals surface area contributed by atoms with Crippen molar-refractivity contribution in [2.75, 3.05) is 13.6 Å². The molecule has 0 fully saturated rings. The van der Waals surface area contributed by atoms with Crippen molar-refractivity contribution in [1.82, 2.24) is 4.90 Å². The molecular formula is C12H14N2O. The van der Waals surface area contributed by atoms with Gasteiger partial charge in [0.15, 0.2) is 0 Å². The van der Waals surface area contributed by atoms with Crippen molar-refractivity contribution in [2.24, 2.45) is 5.73 Å². The van der Waals surface area contributed by atoms with E-state index in [-0.39, 0.29) is 5.91 Å². The Morgan fingerprint density at radius 3 is 2.60 bits per heavy atom. The lowest BCUT2D eigenvalue weighted by Crippen LogP contribution is -2.35. The molecule has 0 aromatic heterocycles. The molecule has 0 aliphatic carbocycles. The van der Waals surface area contributed by atoms with Crippen LogP contribution in [0.5, 0.6) is 0 Å². The summed E-state index contributed by atoms with van der Waals surface area (Å²) in [5.74, 6) is 2.10. The van der Waals surface area contributed by atoms with Gasteiger partial charge in [-0.15, -0.1) is 6.42 Å². The minimum atomic E-state index is -0.456. The smallest absolute Gasteiger partial charge is 0.239 e. The van der Waals surface area contributed by atoms with Crippen LogP contribution < -0.4 is 5.73 Å². The van der Waals surface area contributed by atoms with Crippen LogP contribution in [0.1, 0.15) is 11.6 Å². The van der Waals surface area contributed by atoms with E-state index in [2.05, 4.69) is 5.92 Å². The quantitative estimate of drug-likeness (QED) is 0.733. The summed E-state index contributed by atoms with van der Waals surface area (Å²) in [7, 11) is 1.78. The molecule has 1 atom stereocenters. The maximum absolute atomic E-state index is 11.3. The first kappa shape index (κ1) is 11.3. The van der Waals surface area contributed by atoms with Crippen LogP contribution in [-0.2, 0) is 4.79 Å². The molecule has 1 amide bonds. The van der Waals surface area contributed by atoms with E-state index in [9.17, 15) is 4.79 Å². The zero-order chi connectivity index (χ0) is 11.3. The fourth-order valence-corrected chi connectivity index (χ4v) is 1.51. The maximum Gasteiger partial charge on any atom is 0.239 e. The third-order valence-electron chi connectivity index (χ3n) is 2.17. The maximum atomic E-state index is 11.3. The van der Waals surface area contributed by atoms with Gasteiger partial charge in [-0.2, -0.15) is 0 Å². The second kappa shape index (κ2) is 5.18. The SMILES string of the molecule is C#CCN(C)[C@H](C(N)=O)c1ccccc1. The summed E-state index contributed by atoms with van der Waals surface area (Å²) in [6.45, 7) is 0.391. The van der Waals surface area contributed by atoms with Crippen molar-refractivity contribution in [3.8, 4) is 12.3 Å². The first-order chi connectivity index (χ1) is 7.16. The topological polar surface area (TPSA) is 46.3 Å². The standard InChI is InChI=1S/C12H14N2O/c1-3-9-14(2)11(12(13)15)10-7-5-4-6-8-10/h1,4-8,11H,9H2,2H3,(H2,13,15)/t11-/m0/s1. The van der Waals surface area contributed by atoms with Gasteiger partial charge in [-0.05, 0) is 12.6 Å². The molecule has 0 saturated heterocycles. The number of hydrogen-bond donors (Lipinski definition) is 1. The molecule has 0 unspecified atom stereocenters. The number of nitrogens with two attached hydrogens (primary N) is 1. The fraction of sp³-hybridized carbons (Fsp3) is 0.250. The highest BCUT2D eigenvalue weighted by Gasteiger charge is 2.21. The van der Waals surface area contributed by atoms with Crippen LogP contribution in [0.2, 0.25) is 0 Å². The lowest BCUT2D eigenvalue weighted by Gasteiger charge is -2.23. The number of carbonyl (C=O) groups is 1. The molecule has 3 heteroatoms. The predicted molar refractivity (Wildman–Crippen MR) is 59.8 cm³/mol.